The molecule has 26 heavy (non-hydrogen) atoms. The van der Waals surface area contributed by atoms with Crippen molar-refractivity contribution in [2.75, 3.05) is 10.8 Å². The molecule has 1 heterocycles. The molecule has 0 saturated carbocycles. The quantitative estimate of drug-likeness (QED) is 0.647. The topological polar surface area (TPSA) is 75.7 Å². The highest BCUT2D eigenvalue weighted by molar-refractivity contribution is 6.29. The molecule has 1 unspecified atom stereocenters. The number of halogens is 1. The largest absolute Gasteiger partial charge is 0.457 e. The molecule has 0 aromatic heterocycles. The van der Waals surface area contributed by atoms with E-state index in [0.29, 0.717) is 23.4 Å². The van der Waals surface area contributed by atoms with Crippen molar-refractivity contribution in [1.29, 1.82) is 0 Å². The minimum Gasteiger partial charge on any atom is -0.457 e. The Labute approximate surface area is 155 Å². The lowest BCUT2D eigenvalue weighted by Crippen LogP contribution is -2.41. The van der Waals surface area contributed by atoms with Crippen molar-refractivity contribution in [3.05, 3.63) is 59.7 Å². The molecule has 0 spiro atoms. The Morgan fingerprint density at radius 1 is 1.12 bits per heavy atom. The van der Waals surface area contributed by atoms with E-state index >= 15 is 0 Å². The summed E-state index contributed by atoms with van der Waals surface area (Å²) in [6.07, 6.45) is -0.119. The summed E-state index contributed by atoms with van der Waals surface area (Å²) in [6.45, 7) is 1.35. The van der Waals surface area contributed by atoms with Crippen LogP contribution in [0.5, 0.6) is 0 Å². The van der Waals surface area contributed by atoms with E-state index in [1.54, 1.807) is 30.3 Å². The Morgan fingerprint density at radius 2 is 1.77 bits per heavy atom. The first kappa shape index (κ1) is 17.9. The van der Waals surface area contributed by atoms with E-state index in [4.69, 9.17) is 16.3 Å². The number of alkyl halides is 1. The molecule has 1 aliphatic rings. The predicted octanol–water partition coefficient (Wildman–Crippen LogP) is 3.46. The zero-order valence-electron chi connectivity index (χ0n) is 14.1. The van der Waals surface area contributed by atoms with Crippen LogP contribution in [0, 0.1) is 0 Å². The second-order valence-corrected chi connectivity index (χ2v) is 6.08. The lowest BCUT2D eigenvalue weighted by atomic mass is 10.0. The van der Waals surface area contributed by atoms with Crippen molar-refractivity contribution in [3.8, 4) is 0 Å². The molecule has 0 fully saturated rings. The highest BCUT2D eigenvalue weighted by Gasteiger charge is 2.32. The molecule has 3 amide bonds. The van der Waals surface area contributed by atoms with Gasteiger partial charge >= 0.3 is 12.0 Å². The number of fused-ring (bicyclic) bond motifs is 2. The van der Waals surface area contributed by atoms with Gasteiger partial charge in [-0.15, -0.1) is 11.6 Å². The van der Waals surface area contributed by atoms with E-state index in [1.807, 2.05) is 18.2 Å². The number of esters is 1. The number of imide groups is 1. The van der Waals surface area contributed by atoms with Crippen LogP contribution in [-0.2, 0) is 20.7 Å². The van der Waals surface area contributed by atoms with E-state index < -0.39 is 24.0 Å². The summed E-state index contributed by atoms with van der Waals surface area (Å²) in [6, 6.07) is 13.8. The summed E-state index contributed by atoms with van der Waals surface area (Å²) in [5.74, 6) is -1.32. The molecule has 3 rings (SSSR count). The van der Waals surface area contributed by atoms with Crippen molar-refractivity contribution in [2.24, 2.45) is 0 Å². The zero-order valence-corrected chi connectivity index (χ0v) is 14.8. The second kappa shape index (κ2) is 7.58. The van der Waals surface area contributed by atoms with Gasteiger partial charge in [-0.3, -0.25) is 19.8 Å². The van der Waals surface area contributed by atoms with Crippen molar-refractivity contribution >= 4 is 40.9 Å². The average Bonchev–Trinajstić information content (AvgIpc) is 2.75. The zero-order chi connectivity index (χ0) is 18.7. The van der Waals surface area contributed by atoms with Crippen LogP contribution in [-0.4, -0.2) is 23.8 Å². The van der Waals surface area contributed by atoms with Gasteiger partial charge in [0.05, 0.1) is 11.4 Å². The van der Waals surface area contributed by atoms with Crippen LogP contribution in [0.2, 0.25) is 0 Å². The standard InChI is InChI=1S/C19H17ClN2O4/c1-12(23)26-17-10-13-6-2-4-8-15(13)22(19(25)21-18(24)11-20)16-9-5-3-7-14(16)17/h2-9,17H,10-11H2,1H3,(H,21,24,25). The van der Waals surface area contributed by atoms with Gasteiger partial charge in [-0.05, 0) is 17.7 Å². The number of nitrogens with one attached hydrogen (secondary N) is 1. The fourth-order valence-corrected chi connectivity index (χ4v) is 3.10. The van der Waals surface area contributed by atoms with Crippen LogP contribution in [0.1, 0.15) is 24.2 Å². The summed E-state index contributed by atoms with van der Waals surface area (Å²) < 4.78 is 5.50. The monoisotopic (exact) mass is 372 g/mol. The third kappa shape index (κ3) is 3.55. The summed E-state index contributed by atoms with van der Waals surface area (Å²) in [4.78, 5) is 37.4. The van der Waals surface area contributed by atoms with E-state index in [0.717, 1.165) is 5.56 Å². The molecule has 1 atom stereocenters. The predicted molar refractivity (Wildman–Crippen MR) is 97.5 cm³/mol. The Balaban J connectivity index is 2.15. The summed E-state index contributed by atoms with van der Waals surface area (Å²) >= 11 is 5.51. The van der Waals surface area contributed by atoms with E-state index in [-0.39, 0.29) is 5.88 Å². The first-order chi connectivity index (χ1) is 12.5. The average molecular weight is 373 g/mol. The number of carbonyl (C=O) groups excluding carboxylic acids is 3. The van der Waals surface area contributed by atoms with Gasteiger partial charge in [-0.1, -0.05) is 36.4 Å². The van der Waals surface area contributed by atoms with Crippen molar-refractivity contribution in [2.45, 2.75) is 19.4 Å². The number of ether oxygens (including phenoxy) is 1. The SMILES string of the molecule is CC(=O)OC1Cc2ccccc2N(C(=O)NC(=O)CCl)c2ccccc21. The highest BCUT2D eigenvalue weighted by atomic mass is 35.5. The molecule has 0 saturated heterocycles. The molecule has 134 valence electrons. The molecule has 6 nitrogen and oxygen atoms in total. The third-order valence-electron chi connectivity index (χ3n) is 4.04. The Bertz CT molecular complexity index is 868. The normalized spacial score (nSPS) is 15.3. The van der Waals surface area contributed by atoms with E-state index in [9.17, 15) is 14.4 Å². The Kier molecular flexibility index (Phi) is 5.23. The molecular formula is C19H17ClN2O4. The minimum atomic E-state index is -0.612. The van der Waals surface area contributed by atoms with Crippen LogP contribution >= 0.6 is 11.6 Å². The van der Waals surface area contributed by atoms with E-state index in [1.165, 1.54) is 11.8 Å². The van der Waals surface area contributed by atoms with Crippen molar-refractivity contribution in [3.63, 3.8) is 0 Å². The van der Waals surface area contributed by atoms with Gasteiger partial charge in [0.15, 0.2) is 0 Å². The smallest absolute Gasteiger partial charge is 0.333 e. The van der Waals surface area contributed by atoms with Crippen molar-refractivity contribution in [1.82, 2.24) is 5.32 Å². The molecule has 1 aliphatic heterocycles. The number of urea groups is 1. The number of hydrogen-bond donors (Lipinski definition) is 1. The summed E-state index contributed by atoms with van der Waals surface area (Å²) in [5, 5.41) is 2.27. The molecule has 2 aromatic carbocycles. The first-order valence-corrected chi connectivity index (χ1v) is 8.58. The Morgan fingerprint density at radius 3 is 2.46 bits per heavy atom. The number of rotatable bonds is 2. The maximum Gasteiger partial charge on any atom is 0.333 e. The van der Waals surface area contributed by atoms with Gasteiger partial charge in [-0.25, -0.2) is 4.79 Å². The lowest BCUT2D eigenvalue weighted by Gasteiger charge is -2.25. The highest BCUT2D eigenvalue weighted by Crippen LogP contribution is 2.41. The first-order valence-electron chi connectivity index (χ1n) is 8.05. The molecule has 0 radical (unpaired) electrons. The van der Waals surface area contributed by atoms with Gasteiger partial charge in [0.1, 0.15) is 12.0 Å². The Hall–Kier alpha value is -2.86. The van der Waals surface area contributed by atoms with Gasteiger partial charge in [0, 0.05) is 18.9 Å². The molecular weight excluding hydrogens is 356 g/mol. The molecule has 0 bridgehead atoms. The number of anilines is 2. The van der Waals surface area contributed by atoms with Crippen molar-refractivity contribution < 1.29 is 19.1 Å². The van der Waals surface area contributed by atoms with Gasteiger partial charge in [0.2, 0.25) is 5.91 Å². The second-order valence-electron chi connectivity index (χ2n) is 5.81. The van der Waals surface area contributed by atoms with Crippen LogP contribution in [0.15, 0.2) is 48.5 Å². The number of para-hydroxylation sites is 2. The van der Waals surface area contributed by atoms with Gasteiger partial charge in [-0.2, -0.15) is 0 Å². The van der Waals surface area contributed by atoms with Gasteiger partial charge < -0.3 is 4.74 Å². The molecule has 1 N–H and O–H groups in total. The number of hydrogen-bond acceptors (Lipinski definition) is 4. The van der Waals surface area contributed by atoms with Crippen LogP contribution in [0.4, 0.5) is 16.2 Å². The number of carbonyl (C=O) groups is 3. The third-order valence-corrected chi connectivity index (χ3v) is 4.28. The lowest BCUT2D eigenvalue weighted by molar-refractivity contribution is -0.146. The maximum absolute atomic E-state index is 12.8. The fourth-order valence-electron chi connectivity index (χ4n) is 3.04. The van der Waals surface area contributed by atoms with Crippen LogP contribution in [0.25, 0.3) is 0 Å². The minimum absolute atomic E-state index is 0.320. The van der Waals surface area contributed by atoms with Gasteiger partial charge in [0.25, 0.3) is 0 Å². The summed E-state index contributed by atoms with van der Waals surface area (Å²) in [7, 11) is 0. The molecule has 2 aromatic rings. The van der Waals surface area contributed by atoms with E-state index in [2.05, 4.69) is 5.32 Å². The summed E-state index contributed by atoms with van der Waals surface area (Å²) in [5.41, 5.74) is 2.67. The van der Waals surface area contributed by atoms with Crippen LogP contribution < -0.4 is 10.2 Å². The molecule has 7 heteroatoms. The number of benzene rings is 2. The fraction of sp³-hybridized carbons (Fsp3) is 0.211. The molecule has 0 aliphatic carbocycles. The van der Waals surface area contributed by atoms with Crippen LogP contribution in [0.3, 0.4) is 0 Å². The number of amides is 3. The number of nitrogens with zero attached hydrogens (tertiary/aromatic N) is 1. The maximum atomic E-state index is 12.8.